The maximum atomic E-state index is 13.7. The zero-order valence-corrected chi connectivity index (χ0v) is 17.5. The predicted octanol–water partition coefficient (Wildman–Crippen LogP) is 5.22. The molecule has 1 amide bonds. The summed E-state index contributed by atoms with van der Waals surface area (Å²) < 4.78 is 41.2. The number of amides is 1. The van der Waals surface area contributed by atoms with Gasteiger partial charge < -0.3 is 10.4 Å². The predicted molar refractivity (Wildman–Crippen MR) is 117 cm³/mol. The average Bonchev–Trinajstić information content (AvgIpc) is 2.81. The van der Waals surface area contributed by atoms with Crippen molar-refractivity contribution in [3.05, 3.63) is 107 Å². The van der Waals surface area contributed by atoms with E-state index in [1.807, 2.05) is 6.07 Å². The van der Waals surface area contributed by atoms with Crippen LogP contribution in [0.5, 0.6) is 0 Å². The molecule has 168 valence electrons. The molecular formula is C25H20F3N3O2. The summed E-state index contributed by atoms with van der Waals surface area (Å²) in [6.45, 7) is 1.59. The third-order valence-corrected chi connectivity index (χ3v) is 5.31. The molecule has 0 spiro atoms. The Bertz CT molecular complexity index is 1290. The Hall–Kier alpha value is -3.78. The number of hydrogen-bond acceptors (Lipinski definition) is 4. The zero-order chi connectivity index (χ0) is 23.6. The number of aliphatic hydroxyl groups excluding tert-OH is 1. The molecule has 0 radical (unpaired) electrons. The molecule has 5 nitrogen and oxygen atoms in total. The van der Waals surface area contributed by atoms with E-state index >= 15 is 0 Å². The van der Waals surface area contributed by atoms with Crippen LogP contribution in [0.15, 0.2) is 79.1 Å². The lowest BCUT2D eigenvalue weighted by Crippen LogP contribution is -2.31. The monoisotopic (exact) mass is 451 g/mol. The lowest BCUT2D eigenvalue weighted by molar-refractivity contribution is -0.138. The first kappa shape index (κ1) is 22.4. The fraction of sp³-hybridized carbons (Fsp3) is 0.160. The van der Waals surface area contributed by atoms with E-state index in [2.05, 4.69) is 15.3 Å². The van der Waals surface area contributed by atoms with Crippen LogP contribution < -0.4 is 5.32 Å². The van der Waals surface area contributed by atoms with Crippen molar-refractivity contribution in [2.24, 2.45) is 0 Å². The van der Waals surface area contributed by atoms with Crippen molar-refractivity contribution in [1.82, 2.24) is 15.3 Å². The number of benzene rings is 2. The van der Waals surface area contributed by atoms with Crippen LogP contribution >= 0.6 is 0 Å². The van der Waals surface area contributed by atoms with Crippen molar-refractivity contribution in [2.45, 2.75) is 25.2 Å². The fourth-order valence-corrected chi connectivity index (χ4v) is 3.59. The minimum Gasteiger partial charge on any atom is -0.389 e. The van der Waals surface area contributed by atoms with Gasteiger partial charge in [-0.3, -0.25) is 14.8 Å². The summed E-state index contributed by atoms with van der Waals surface area (Å²) in [7, 11) is 0. The molecule has 4 rings (SSSR count). The van der Waals surface area contributed by atoms with Crippen LogP contribution in [0.4, 0.5) is 13.2 Å². The molecule has 0 aliphatic heterocycles. The Morgan fingerprint density at radius 3 is 2.30 bits per heavy atom. The number of aromatic nitrogens is 2. The molecular weight excluding hydrogens is 431 g/mol. The van der Waals surface area contributed by atoms with E-state index < -0.39 is 29.8 Å². The lowest BCUT2D eigenvalue weighted by Gasteiger charge is -2.23. The minimum atomic E-state index is -4.65. The normalized spacial score (nSPS) is 13.5. The molecule has 2 aromatic heterocycles. The number of fused-ring (bicyclic) bond motifs is 1. The maximum Gasteiger partial charge on any atom is 0.418 e. The van der Waals surface area contributed by atoms with Gasteiger partial charge in [-0.2, -0.15) is 13.2 Å². The Kier molecular flexibility index (Phi) is 6.11. The molecule has 8 heteroatoms. The summed E-state index contributed by atoms with van der Waals surface area (Å²) >= 11 is 0. The quantitative estimate of drug-likeness (QED) is 0.436. The van der Waals surface area contributed by atoms with E-state index in [0.29, 0.717) is 16.6 Å². The van der Waals surface area contributed by atoms with Gasteiger partial charge in [-0.05, 0) is 48.4 Å². The second-order valence-corrected chi connectivity index (χ2v) is 7.59. The number of pyridine rings is 2. The smallest absolute Gasteiger partial charge is 0.389 e. The Morgan fingerprint density at radius 2 is 1.61 bits per heavy atom. The number of rotatable bonds is 5. The number of alkyl halides is 3. The summed E-state index contributed by atoms with van der Waals surface area (Å²) in [5.74, 6) is -0.564. The lowest BCUT2D eigenvalue weighted by atomic mass is 9.96. The Morgan fingerprint density at radius 1 is 0.939 bits per heavy atom. The van der Waals surface area contributed by atoms with Gasteiger partial charge in [0.05, 0.1) is 28.9 Å². The number of halogens is 3. The summed E-state index contributed by atoms with van der Waals surface area (Å²) in [5.41, 5.74) is 0.600. The number of carbonyl (C=O) groups excluding carboxylic acids is 1. The third kappa shape index (κ3) is 4.85. The van der Waals surface area contributed by atoms with E-state index in [1.165, 1.54) is 12.3 Å². The second-order valence-electron chi connectivity index (χ2n) is 7.59. The Balaban J connectivity index is 1.76. The van der Waals surface area contributed by atoms with Crippen molar-refractivity contribution in [1.29, 1.82) is 0 Å². The van der Waals surface area contributed by atoms with Crippen molar-refractivity contribution in [2.75, 3.05) is 0 Å². The van der Waals surface area contributed by atoms with E-state index in [0.717, 1.165) is 11.5 Å². The number of aliphatic hydroxyl groups is 1. The van der Waals surface area contributed by atoms with Gasteiger partial charge in [-0.15, -0.1) is 0 Å². The van der Waals surface area contributed by atoms with E-state index in [9.17, 15) is 23.1 Å². The number of nitrogens with zero attached hydrogens (tertiary/aromatic N) is 2. The van der Waals surface area contributed by atoms with Crippen LogP contribution in [-0.2, 0) is 6.18 Å². The first-order chi connectivity index (χ1) is 15.7. The number of hydrogen-bond donors (Lipinski definition) is 2. The summed E-state index contributed by atoms with van der Waals surface area (Å²) in [6, 6.07) is 15.9. The van der Waals surface area contributed by atoms with E-state index in [4.69, 9.17) is 0 Å². The van der Waals surface area contributed by atoms with Gasteiger partial charge in [0.1, 0.15) is 0 Å². The fourth-order valence-electron chi connectivity index (χ4n) is 3.59. The molecule has 2 atom stereocenters. The standard InChI is InChI=1S/C25H20F3N3O2/c1-15(32)16-6-9-18(10-7-16)22(23-20(25(26,27)28)5-3-13-30-23)31-24(33)19-11-8-17-4-2-12-29-21(17)14-19/h2-15,22,32H,1H3,(H,31,33)/t15?,22-/m0/s1. The maximum absolute atomic E-state index is 13.7. The van der Waals surface area contributed by atoms with Crippen LogP contribution in [0.3, 0.4) is 0 Å². The number of carbonyl (C=O) groups is 1. The van der Waals surface area contributed by atoms with Crippen molar-refractivity contribution >= 4 is 16.8 Å². The van der Waals surface area contributed by atoms with E-state index in [1.54, 1.807) is 61.7 Å². The van der Waals surface area contributed by atoms with Gasteiger partial charge in [0.2, 0.25) is 0 Å². The van der Waals surface area contributed by atoms with Gasteiger partial charge in [0.25, 0.3) is 5.91 Å². The Labute approximate surface area is 187 Å². The van der Waals surface area contributed by atoms with Crippen LogP contribution in [-0.4, -0.2) is 21.0 Å². The molecule has 0 saturated carbocycles. The third-order valence-electron chi connectivity index (χ3n) is 5.31. The van der Waals surface area contributed by atoms with Crippen LogP contribution in [0.2, 0.25) is 0 Å². The summed E-state index contributed by atoms with van der Waals surface area (Å²) in [5, 5.41) is 13.3. The first-order valence-electron chi connectivity index (χ1n) is 10.2. The van der Waals surface area contributed by atoms with Gasteiger partial charge in [0, 0.05) is 23.3 Å². The summed E-state index contributed by atoms with van der Waals surface area (Å²) in [4.78, 5) is 21.3. The van der Waals surface area contributed by atoms with Crippen molar-refractivity contribution in [3.63, 3.8) is 0 Å². The van der Waals surface area contributed by atoms with E-state index in [-0.39, 0.29) is 11.3 Å². The van der Waals surface area contributed by atoms with Gasteiger partial charge in [-0.1, -0.05) is 36.4 Å². The van der Waals surface area contributed by atoms with Crippen LogP contribution in [0.1, 0.15) is 51.8 Å². The molecule has 0 saturated heterocycles. The first-order valence-corrected chi connectivity index (χ1v) is 10.2. The van der Waals surface area contributed by atoms with Gasteiger partial charge >= 0.3 is 6.18 Å². The minimum absolute atomic E-state index is 0.260. The van der Waals surface area contributed by atoms with Crippen LogP contribution in [0, 0.1) is 0 Å². The topological polar surface area (TPSA) is 75.1 Å². The van der Waals surface area contributed by atoms with Gasteiger partial charge in [-0.25, -0.2) is 0 Å². The molecule has 0 aliphatic rings. The highest BCUT2D eigenvalue weighted by Crippen LogP contribution is 2.35. The molecule has 0 aliphatic carbocycles. The highest BCUT2D eigenvalue weighted by Gasteiger charge is 2.37. The SMILES string of the molecule is CC(O)c1ccc([C@H](NC(=O)c2ccc3cccnc3c2)c2ncccc2C(F)(F)F)cc1. The average molecular weight is 451 g/mol. The molecule has 2 heterocycles. The molecule has 4 aromatic rings. The summed E-state index contributed by atoms with van der Waals surface area (Å²) in [6.07, 6.45) is -2.54. The molecule has 0 fully saturated rings. The second kappa shape index (κ2) is 8.99. The molecule has 33 heavy (non-hydrogen) atoms. The van der Waals surface area contributed by atoms with Crippen LogP contribution in [0.25, 0.3) is 10.9 Å². The van der Waals surface area contributed by atoms with Gasteiger partial charge in [0.15, 0.2) is 0 Å². The van der Waals surface area contributed by atoms with Crippen molar-refractivity contribution < 1.29 is 23.1 Å². The molecule has 0 bridgehead atoms. The highest BCUT2D eigenvalue weighted by atomic mass is 19.4. The zero-order valence-electron chi connectivity index (χ0n) is 17.5. The molecule has 2 N–H and O–H groups in total. The molecule has 1 unspecified atom stereocenters. The molecule has 2 aromatic carbocycles. The highest BCUT2D eigenvalue weighted by molar-refractivity contribution is 5.98. The number of nitrogens with one attached hydrogen (secondary N) is 1. The van der Waals surface area contributed by atoms with Crippen molar-refractivity contribution in [3.8, 4) is 0 Å². The largest absolute Gasteiger partial charge is 0.418 e.